The number of benzene rings is 2. The highest BCUT2D eigenvalue weighted by molar-refractivity contribution is 14.0. The van der Waals surface area contributed by atoms with Crippen molar-refractivity contribution < 1.29 is 9.84 Å². The van der Waals surface area contributed by atoms with Gasteiger partial charge in [0.25, 0.3) is 0 Å². The molecule has 0 spiro atoms. The summed E-state index contributed by atoms with van der Waals surface area (Å²) in [5.41, 5.74) is 2.15. The molecule has 142 valence electrons. The fourth-order valence-corrected chi connectivity index (χ4v) is 2.47. The molecule has 2 aromatic rings. The van der Waals surface area contributed by atoms with Gasteiger partial charge in [-0.1, -0.05) is 30.3 Å². The molecule has 0 radical (unpaired) electrons. The van der Waals surface area contributed by atoms with Crippen LogP contribution in [-0.2, 0) is 13.0 Å². The maximum Gasteiger partial charge on any atom is 0.191 e. The van der Waals surface area contributed by atoms with Crippen molar-refractivity contribution in [2.24, 2.45) is 4.99 Å². The maximum atomic E-state index is 9.52. The number of nitrogens with one attached hydrogen (secondary N) is 2. The van der Waals surface area contributed by atoms with Crippen molar-refractivity contribution in [3.63, 3.8) is 0 Å². The molecule has 5 nitrogen and oxygen atoms in total. The third-order valence-corrected chi connectivity index (χ3v) is 3.64. The second-order valence-electron chi connectivity index (χ2n) is 5.58. The predicted octanol–water partition coefficient (Wildman–Crippen LogP) is 3.71. The second-order valence-corrected chi connectivity index (χ2v) is 5.58. The molecule has 0 atom stereocenters. The number of nitrogens with zero attached hydrogens (tertiary/aromatic N) is 1. The summed E-state index contributed by atoms with van der Waals surface area (Å²) in [6.07, 6.45) is 0.814. The summed E-state index contributed by atoms with van der Waals surface area (Å²) in [5, 5.41) is 16.1. The Morgan fingerprint density at radius 3 is 2.62 bits per heavy atom. The highest BCUT2D eigenvalue weighted by Crippen LogP contribution is 2.18. The van der Waals surface area contributed by atoms with Crippen LogP contribution in [0.15, 0.2) is 53.5 Å². The van der Waals surface area contributed by atoms with E-state index in [-0.39, 0.29) is 24.0 Å². The molecule has 0 saturated heterocycles. The van der Waals surface area contributed by atoms with Crippen LogP contribution in [0.3, 0.4) is 0 Å². The molecular formula is C20H28IN3O2. The fourth-order valence-electron chi connectivity index (χ4n) is 2.47. The summed E-state index contributed by atoms with van der Waals surface area (Å²) < 4.78 is 5.65. The first-order chi connectivity index (χ1) is 12.2. The smallest absolute Gasteiger partial charge is 0.191 e. The van der Waals surface area contributed by atoms with Gasteiger partial charge in [-0.05, 0) is 44.0 Å². The zero-order valence-corrected chi connectivity index (χ0v) is 17.7. The van der Waals surface area contributed by atoms with E-state index in [1.807, 2.05) is 50.2 Å². The molecule has 0 fully saturated rings. The van der Waals surface area contributed by atoms with Crippen molar-refractivity contribution in [2.45, 2.75) is 26.8 Å². The van der Waals surface area contributed by atoms with E-state index in [4.69, 9.17) is 4.74 Å². The average Bonchev–Trinajstić information content (AvgIpc) is 2.61. The maximum absolute atomic E-state index is 9.52. The minimum atomic E-state index is 0. The number of ether oxygens (including phenoxy) is 1. The van der Waals surface area contributed by atoms with Gasteiger partial charge in [0.05, 0.1) is 13.2 Å². The number of para-hydroxylation sites is 1. The number of rotatable bonds is 8. The molecule has 0 aliphatic carbocycles. The molecule has 0 bridgehead atoms. The van der Waals surface area contributed by atoms with Crippen LogP contribution in [0, 0.1) is 0 Å². The van der Waals surface area contributed by atoms with E-state index < -0.39 is 0 Å². The zero-order valence-electron chi connectivity index (χ0n) is 15.4. The Labute approximate surface area is 172 Å². The van der Waals surface area contributed by atoms with Crippen molar-refractivity contribution in [2.75, 3.05) is 19.7 Å². The van der Waals surface area contributed by atoms with E-state index in [0.29, 0.717) is 18.9 Å². The fraction of sp³-hybridized carbons (Fsp3) is 0.350. The lowest BCUT2D eigenvalue weighted by Gasteiger charge is -2.12. The van der Waals surface area contributed by atoms with Gasteiger partial charge in [-0.3, -0.25) is 0 Å². The summed E-state index contributed by atoms with van der Waals surface area (Å²) in [6, 6.07) is 15.3. The summed E-state index contributed by atoms with van der Waals surface area (Å²) in [6.45, 7) is 6.75. The molecule has 3 N–H and O–H groups in total. The Bertz CT molecular complexity index is 692. The minimum Gasteiger partial charge on any atom is -0.508 e. The Morgan fingerprint density at radius 1 is 1.08 bits per heavy atom. The van der Waals surface area contributed by atoms with E-state index in [0.717, 1.165) is 42.3 Å². The third kappa shape index (κ3) is 7.51. The number of guanidine groups is 1. The number of phenols is 1. The zero-order chi connectivity index (χ0) is 17.9. The standard InChI is InChI=1S/C20H27N3O2.HI/c1-3-21-20(22-13-12-16-8-7-10-18(24)14-16)23-15-17-9-5-6-11-19(17)25-4-2;/h5-11,14,24H,3-4,12-13,15H2,1-2H3,(H2,21,22,23);1H. The summed E-state index contributed by atoms with van der Waals surface area (Å²) >= 11 is 0. The van der Waals surface area contributed by atoms with Crippen LogP contribution in [-0.4, -0.2) is 30.8 Å². The summed E-state index contributed by atoms with van der Waals surface area (Å²) in [5.74, 6) is 1.95. The lowest BCUT2D eigenvalue weighted by molar-refractivity contribution is 0.336. The average molecular weight is 469 g/mol. The number of phenolic OH excluding ortho intramolecular Hbond substituents is 1. The Kier molecular flexibility index (Phi) is 10.5. The number of hydrogen-bond donors (Lipinski definition) is 3. The topological polar surface area (TPSA) is 65.9 Å². The highest BCUT2D eigenvalue weighted by atomic mass is 127. The van der Waals surface area contributed by atoms with Crippen LogP contribution in [0.25, 0.3) is 0 Å². The number of halogens is 1. The molecule has 0 aromatic heterocycles. The van der Waals surface area contributed by atoms with Crippen LogP contribution >= 0.6 is 24.0 Å². The normalized spacial score (nSPS) is 10.8. The predicted molar refractivity (Wildman–Crippen MR) is 118 cm³/mol. The molecule has 0 heterocycles. The Hall–Kier alpha value is -1.96. The number of hydrogen-bond acceptors (Lipinski definition) is 3. The van der Waals surface area contributed by atoms with Crippen molar-refractivity contribution in [3.8, 4) is 11.5 Å². The lowest BCUT2D eigenvalue weighted by Crippen LogP contribution is -2.38. The molecular weight excluding hydrogens is 441 g/mol. The van der Waals surface area contributed by atoms with Crippen LogP contribution in [0.5, 0.6) is 11.5 Å². The van der Waals surface area contributed by atoms with E-state index in [1.165, 1.54) is 0 Å². The van der Waals surface area contributed by atoms with E-state index in [9.17, 15) is 5.11 Å². The molecule has 0 amide bonds. The van der Waals surface area contributed by atoms with Crippen LogP contribution < -0.4 is 15.4 Å². The van der Waals surface area contributed by atoms with Crippen LogP contribution in [0.2, 0.25) is 0 Å². The first-order valence-corrected chi connectivity index (χ1v) is 8.73. The molecule has 6 heteroatoms. The minimum absolute atomic E-state index is 0. The molecule has 0 aliphatic heterocycles. The third-order valence-electron chi connectivity index (χ3n) is 3.64. The van der Waals surface area contributed by atoms with Gasteiger partial charge >= 0.3 is 0 Å². The first-order valence-electron chi connectivity index (χ1n) is 8.73. The van der Waals surface area contributed by atoms with Crippen LogP contribution in [0.4, 0.5) is 0 Å². The van der Waals surface area contributed by atoms with Gasteiger partial charge in [0.1, 0.15) is 11.5 Å². The van der Waals surface area contributed by atoms with Gasteiger partial charge in [-0.25, -0.2) is 4.99 Å². The van der Waals surface area contributed by atoms with Crippen LogP contribution in [0.1, 0.15) is 25.0 Å². The van der Waals surface area contributed by atoms with Gasteiger partial charge in [-0.2, -0.15) is 0 Å². The van der Waals surface area contributed by atoms with Crippen molar-refractivity contribution in [1.29, 1.82) is 0 Å². The number of aromatic hydroxyl groups is 1. The van der Waals surface area contributed by atoms with E-state index in [2.05, 4.69) is 15.6 Å². The second kappa shape index (κ2) is 12.4. The molecule has 0 aliphatic rings. The molecule has 26 heavy (non-hydrogen) atoms. The number of aliphatic imine (C=N–C) groups is 1. The highest BCUT2D eigenvalue weighted by Gasteiger charge is 2.03. The summed E-state index contributed by atoms with van der Waals surface area (Å²) in [4.78, 5) is 4.64. The quantitative estimate of drug-likeness (QED) is 0.314. The van der Waals surface area contributed by atoms with Gasteiger partial charge in [-0.15, -0.1) is 24.0 Å². The molecule has 0 unspecified atom stereocenters. The molecule has 0 saturated carbocycles. The van der Waals surface area contributed by atoms with Crippen molar-refractivity contribution >= 4 is 29.9 Å². The van der Waals surface area contributed by atoms with Gasteiger partial charge in [0, 0.05) is 18.7 Å². The Balaban J connectivity index is 0.00000338. The molecule has 2 aromatic carbocycles. The molecule has 2 rings (SSSR count). The lowest BCUT2D eigenvalue weighted by atomic mass is 10.1. The first kappa shape index (κ1) is 22.1. The monoisotopic (exact) mass is 469 g/mol. The van der Waals surface area contributed by atoms with Gasteiger partial charge < -0.3 is 20.5 Å². The SMILES string of the molecule is CCNC(=NCc1ccccc1OCC)NCCc1cccc(O)c1.I. The van der Waals surface area contributed by atoms with E-state index >= 15 is 0 Å². The largest absolute Gasteiger partial charge is 0.508 e. The van der Waals surface area contributed by atoms with Crippen molar-refractivity contribution in [3.05, 3.63) is 59.7 Å². The van der Waals surface area contributed by atoms with Crippen molar-refractivity contribution in [1.82, 2.24) is 10.6 Å². The van der Waals surface area contributed by atoms with Gasteiger partial charge in [0.15, 0.2) is 5.96 Å². The van der Waals surface area contributed by atoms with E-state index in [1.54, 1.807) is 12.1 Å². The Morgan fingerprint density at radius 2 is 1.88 bits per heavy atom. The van der Waals surface area contributed by atoms with Gasteiger partial charge in [0.2, 0.25) is 0 Å². The summed E-state index contributed by atoms with van der Waals surface area (Å²) in [7, 11) is 0.